The lowest BCUT2D eigenvalue weighted by Crippen LogP contribution is -2.45. The lowest BCUT2D eigenvalue weighted by Gasteiger charge is -2.28. The molecular weight excluding hydrogens is 336 g/mol. The number of nitrogens with one attached hydrogen (secondary N) is 1. The van der Waals surface area contributed by atoms with E-state index in [1.165, 1.54) is 5.56 Å². The van der Waals surface area contributed by atoms with Crippen molar-refractivity contribution in [3.8, 4) is 11.1 Å². The van der Waals surface area contributed by atoms with Crippen LogP contribution in [0.2, 0.25) is 0 Å². The predicted molar refractivity (Wildman–Crippen MR) is 108 cm³/mol. The molecule has 4 heteroatoms. The number of amides is 2. The van der Waals surface area contributed by atoms with Gasteiger partial charge in [0.2, 0.25) is 11.8 Å². The summed E-state index contributed by atoms with van der Waals surface area (Å²) in [6.45, 7) is 5.57. The summed E-state index contributed by atoms with van der Waals surface area (Å²) in [5, 5.41) is 3.00. The molecule has 0 aromatic heterocycles. The van der Waals surface area contributed by atoms with Crippen molar-refractivity contribution in [2.24, 2.45) is 5.41 Å². The molecule has 3 rings (SSSR count). The Hall–Kier alpha value is -2.62. The van der Waals surface area contributed by atoms with Crippen LogP contribution >= 0.6 is 0 Å². The van der Waals surface area contributed by atoms with Crippen LogP contribution in [0.15, 0.2) is 54.6 Å². The maximum Gasteiger partial charge on any atom is 0.228 e. The Morgan fingerprint density at radius 2 is 1.78 bits per heavy atom. The van der Waals surface area contributed by atoms with Gasteiger partial charge in [-0.15, -0.1) is 0 Å². The lowest BCUT2D eigenvalue weighted by atomic mass is 9.79. The SMILES string of the molecule is CCNC(=O)[C@]1(Cc2cccc(-c3ccccc3)c2)CCN(C(=O)CC)C1. The van der Waals surface area contributed by atoms with E-state index in [0.29, 0.717) is 38.9 Å². The Balaban J connectivity index is 1.87. The number of benzene rings is 2. The van der Waals surface area contributed by atoms with E-state index in [9.17, 15) is 9.59 Å². The molecule has 0 aliphatic carbocycles. The maximum atomic E-state index is 12.9. The van der Waals surface area contributed by atoms with E-state index < -0.39 is 5.41 Å². The molecule has 2 amide bonds. The quantitative estimate of drug-likeness (QED) is 0.850. The molecule has 1 aliphatic heterocycles. The molecule has 1 aliphatic rings. The fourth-order valence-electron chi connectivity index (χ4n) is 3.95. The largest absolute Gasteiger partial charge is 0.356 e. The summed E-state index contributed by atoms with van der Waals surface area (Å²) in [5.74, 6) is 0.181. The third kappa shape index (κ3) is 4.21. The Morgan fingerprint density at radius 3 is 2.48 bits per heavy atom. The standard InChI is InChI=1S/C23H28N2O2/c1-3-21(26)25-14-13-23(17-25,22(27)24-4-2)16-18-9-8-12-20(15-18)19-10-6-5-7-11-19/h5-12,15H,3-4,13-14,16-17H2,1-2H3,(H,24,27)/t23-/m0/s1. The van der Waals surface area contributed by atoms with E-state index in [1.54, 1.807) is 0 Å². The third-order valence-electron chi connectivity index (χ3n) is 5.40. The number of hydrogen-bond donors (Lipinski definition) is 1. The zero-order chi connectivity index (χ0) is 19.3. The summed E-state index contributed by atoms with van der Waals surface area (Å²) in [7, 11) is 0. The van der Waals surface area contributed by atoms with E-state index >= 15 is 0 Å². The highest BCUT2D eigenvalue weighted by Crippen LogP contribution is 2.36. The first-order valence-corrected chi connectivity index (χ1v) is 9.78. The van der Waals surface area contributed by atoms with Gasteiger partial charge in [0.1, 0.15) is 0 Å². The number of carbonyl (C=O) groups is 2. The van der Waals surface area contributed by atoms with E-state index in [1.807, 2.05) is 43.0 Å². The molecule has 0 radical (unpaired) electrons. The highest BCUT2D eigenvalue weighted by atomic mass is 16.2. The summed E-state index contributed by atoms with van der Waals surface area (Å²) in [6.07, 6.45) is 1.84. The summed E-state index contributed by atoms with van der Waals surface area (Å²) in [6, 6.07) is 18.7. The minimum Gasteiger partial charge on any atom is -0.356 e. The summed E-state index contributed by atoms with van der Waals surface area (Å²) >= 11 is 0. The van der Waals surface area contributed by atoms with Gasteiger partial charge in [-0.05, 0) is 36.5 Å². The second kappa shape index (κ2) is 8.38. The predicted octanol–water partition coefficient (Wildman–Crippen LogP) is 3.66. The van der Waals surface area contributed by atoms with Crippen LogP contribution in [0, 0.1) is 5.41 Å². The van der Waals surface area contributed by atoms with Gasteiger partial charge < -0.3 is 10.2 Å². The molecule has 1 atom stereocenters. The normalized spacial score (nSPS) is 19.1. The van der Waals surface area contributed by atoms with Crippen molar-refractivity contribution in [2.45, 2.75) is 33.1 Å². The molecule has 0 saturated carbocycles. The zero-order valence-corrected chi connectivity index (χ0v) is 16.2. The second-order valence-electron chi connectivity index (χ2n) is 7.30. The van der Waals surface area contributed by atoms with Crippen LogP contribution in [-0.4, -0.2) is 36.3 Å². The van der Waals surface area contributed by atoms with Gasteiger partial charge in [0.25, 0.3) is 0 Å². The number of carbonyl (C=O) groups excluding carboxylic acids is 2. The molecule has 1 heterocycles. The first kappa shape index (κ1) is 19.2. The van der Waals surface area contributed by atoms with Gasteiger partial charge in [0.15, 0.2) is 0 Å². The van der Waals surface area contributed by atoms with E-state index in [2.05, 4.69) is 35.6 Å². The topological polar surface area (TPSA) is 49.4 Å². The number of hydrogen-bond acceptors (Lipinski definition) is 2. The Labute approximate surface area is 161 Å². The first-order valence-electron chi connectivity index (χ1n) is 9.78. The van der Waals surface area contributed by atoms with Crippen molar-refractivity contribution in [2.75, 3.05) is 19.6 Å². The Bertz CT molecular complexity index is 803. The van der Waals surface area contributed by atoms with Crippen molar-refractivity contribution >= 4 is 11.8 Å². The summed E-state index contributed by atoms with van der Waals surface area (Å²) in [5.41, 5.74) is 2.91. The smallest absolute Gasteiger partial charge is 0.228 e. The van der Waals surface area contributed by atoms with Crippen molar-refractivity contribution in [1.29, 1.82) is 0 Å². The molecule has 142 valence electrons. The summed E-state index contributed by atoms with van der Waals surface area (Å²) < 4.78 is 0. The highest BCUT2D eigenvalue weighted by Gasteiger charge is 2.45. The fourth-order valence-corrected chi connectivity index (χ4v) is 3.95. The molecule has 1 saturated heterocycles. The van der Waals surface area contributed by atoms with Crippen LogP contribution in [0.25, 0.3) is 11.1 Å². The van der Waals surface area contributed by atoms with Crippen LogP contribution < -0.4 is 5.32 Å². The van der Waals surface area contributed by atoms with Crippen LogP contribution in [0.3, 0.4) is 0 Å². The maximum absolute atomic E-state index is 12.9. The molecule has 2 aromatic carbocycles. The second-order valence-corrected chi connectivity index (χ2v) is 7.30. The van der Waals surface area contributed by atoms with Crippen molar-refractivity contribution in [3.63, 3.8) is 0 Å². The number of nitrogens with zero attached hydrogens (tertiary/aromatic N) is 1. The van der Waals surface area contributed by atoms with E-state index in [4.69, 9.17) is 0 Å². The van der Waals surface area contributed by atoms with Crippen LogP contribution in [0.4, 0.5) is 0 Å². The van der Waals surface area contributed by atoms with Gasteiger partial charge in [-0.1, -0.05) is 61.5 Å². The van der Waals surface area contributed by atoms with Crippen molar-refractivity contribution in [1.82, 2.24) is 10.2 Å². The summed E-state index contributed by atoms with van der Waals surface area (Å²) in [4.78, 5) is 26.9. The monoisotopic (exact) mass is 364 g/mol. The first-order chi connectivity index (χ1) is 13.1. The van der Waals surface area contributed by atoms with E-state index in [-0.39, 0.29) is 11.8 Å². The van der Waals surface area contributed by atoms with Crippen LogP contribution in [0.1, 0.15) is 32.3 Å². The lowest BCUT2D eigenvalue weighted by molar-refractivity contribution is -0.133. The molecule has 0 bridgehead atoms. The average Bonchev–Trinajstić information content (AvgIpc) is 3.14. The van der Waals surface area contributed by atoms with Gasteiger partial charge in [0.05, 0.1) is 5.41 Å². The molecule has 0 unspecified atom stereocenters. The third-order valence-corrected chi connectivity index (χ3v) is 5.40. The van der Waals surface area contributed by atoms with Gasteiger partial charge in [-0.3, -0.25) is 9.59 Å². The molecular formula is C23H28N2O2. The Kier molecular flexibility index (Phi) is 5.94. The zero-order valence-electron chi connectivity index (χ0n) is 16.2. The van der Waals surface area contributed by atoms with Gasteiger partial charge in [-0.25, -0.2) is 0 Å². The fraction of sp³-hybridized carbons (Fsp3) is 0.391. The van der Waals surface area contributed by atoms with Crippen LogP contribution in [-0.2, 0) is 16.0 Å². The van der Waals surface area contributed by atoms with Crippen molar-refractivity contribution in [3.05, 3.63) is 60.2 Å². The van der Waals surface area contributed by atoms with Gasteiger partial charge in [0, 0.05) is 26.1 Å². The minimum absolute atomic E-state index is 0.0570. The molecule has 4 nitrogen and oxygen atoms in total. The van der Waals surface area contributed by atoms with Gasteiger partial charge >= 0.3 is 0 Å². The molecule has 1 N–H and O–H groups in total. The van der Waals surface area contributed by atoms with E-state index in [0.717, 1.165) is 11.1 Å². The average molecular weight is 364 g/mol. The highest BCUT2D eigenvalue weighted by molar-refractivity contribution is 5.85. The minimum atomic E-state index is -0.545. The van der Waals surface area contributed by atoms with Crippen LogP contribution in [0.5, 0.6) is 0 Å². The number of likely N-dealkylation sites (tertiary alicyclic amines) is 1. The molecule has 27 heavy (non-hydrogen) atoms. The molecule has 2 aromatic rings. The Morgan fingerprint density at radius 1 is 1.04 bits per heavy atom. The van der Waals surface area contributed by atoms with Gasteiger partial charge in [-0.2, -0.15) is 0 Å². The van der Waals surface area contributed by atoms with Crippen molar-refractivity contribution < 1.29 is 9.59 Å². The number of rotatable bonds is 6. The molecule has 0 spiro atoms. The molecule has 1 fully saturated rings.